The van der Waals surface area contributed by atoms with Gasteiger partial charge in [0.05, 0.1) is 35.5 Å². The van der Waals surface area contributed by atoms with Crippen molar-refractivity contribution < 1.29 is 14.3 Å². The van der Waals surface area contributed by atoms with Crippen LogP contribution in [0.3, 0.4) is 0 Å². The summed E-state index contributed by atoms with van der Waals surface area (Å²) in [5, 5.41) is 0.576. The number of aromatic nitrogens is 4. The molecule has 4 aromatic rings. The predicted molar refractivity (Wildman–Crippen MR) is 117 cm³/mol. The van der Waals surface area contributed by atoms with Gasteiger partial charge in [-0.15, -0.1) is 0 Å². The van der Waals surface area contributed by atoms with Crippen LogP contribution in [-0.2, 0) is 0 Å². The van der Waals surface area contributed by atoms with E-state index >= 15 is 0 Å². The maximum absolute atomic E-state index is 12.7. The molecule has 3 N–H and O–H groups in total. The van der Waals surface area contributed by atoms with Crippen molar-refractivity contribution in [2.45, 2.75) is 0 Å². The van der Waals surface area contributed by atoms with Crippen molar-refractivity contribution in [2.75, 3.05) is 14.2 Å². The summed E-state index contributed by atoms with van der Waals surface area (Å²) in [7, 11) is 3.00. The molecule has 0 radical (unpaired) electrons. The number of methoxy groups -OCH3 is 2. The molecule has 31 heavy (non-hydrogen) atoms. The van der Waals surface area contributed by atoms with Crippen molar-refractivity contribution in [3.63, 3.8) is 0 Å². The number of H-pyrrole nitrogens is 1. The molecule has 1 amide bonds. The molecule has 2 aromatic carbocycles. The van der Waals surface area contributed by atoms with Gasteiger partial charge in [-0.1, -0.05) is 23.2 Å². The van der Waals surface area contributed by atoms with E-state index < -0.39 is 11.6 Å². The molecule has 0 aliphatic carbocycles. The number of ether oxygens (including phenoxy) is 2. The minimum absolute atomic E-state index is 0.0918. The second-order valence-corrected chi connectivity index (χ2v) is 7.20. The van der Waals surface area contributed by atoms with E-state index in [4.69, 9.17) is 38.4 Å². The molecule has 9 nitrogen and oxygen atoms in total. The fourth-order valence-electron chi connectivity index (χ4n) is 3.14. The Morgan fingerprint density at radius 1 is 1.06 bits per heavy atom. The fraction of sp³-hybridized carbons (Fsp3) is 0.100. The minimum Gasteiger partial charge on any atom is -0.497 e. The number of imidazole rings is 1. The summed E-state index contributed by atoms with van der Waals surface area (Å²) >= 11 is 12.1. The van der Waals surface area contributed by atoms with E-state index in [2.05, 4.69) is 15.0 Å². The second-order valence-electron chi connectivity index (χ2n) is 6.39. The van der Waals surface area contributed by atoms with Crippen LogP contribution in [0.2, 0.25) is 10.0 Å². The maximum atomic E-state index is 12.7. The quantitative estimate of drug-likeness (QED) is 0.471. The first-order chi connectivity index (χ1) is 14.8. The summed E-state index contributed by atoms with van der Waals surface area (Å²) in [6.07, 6.45) is 0. The number of nitrogens with one attached hydrogen (secondary N) is 1. The number of halogens is 2. The fourth-order valence-corrected chi connectivity index (χ4v) is 3.43. The van der Waals surface area contributed by atoms with Crippen molar-refractivity contribution in [2.24, 2.45) is 5.73 Å². The van der Waals surface area contributed by atoms with Gasteiger partial charge < -0.3 is 20.2 Å². The Morgan fingerprint density at radius 3 is 2.48 bits per heavy atom. The van der Waals surface area contributed by atoms with Crippen LogP contribution in [0.4, 0.5) is 0 Å². The lowest BCUT2D eigenvalue weighted by Crippen LogP contribution is -2.15. The average molecular weight is 460 g/mol. The minimum atomic E-state index is -0.835. The molecule has 2 aromatic heterocycles. The lowest BCUT2D eigenvalue weighted by Gasteiger charge is -2.11. The van der Waals surface area contributed by atoms with Crippen LogP contribution < -0.4 is 20.9 Å². The first-order valence-electron chi connectivity index (χ1n) is 8.84. The van der Waals surface area contributed by atoms with Gasteiger partial charge >= 0.3 is 5.69 Å². The normalized spacial score (nSPS) is 11.0. The zero-order valence-electron chi connectivity index (χ0n) is 16.3. The predicted octanol–water partition coefficient (Wildman–Crippen LogP) is 3.20. The van der Waals surface area contributed by atoms with Crippen molar-refractivity contribution in [3.8, 4) is 28.6 Å². The number of hydrogen-bond acceptors (Lipinski definition) is 6. The number of benzene rings is 2. The van der Waals surface area contributed by atoms with Crippen LogP contribution in [0.5, 0.6) is 11.5 Å². The molecule has 2 heterocycles. The molecule has 0 saturated carbocycles. The van der Waals surface area contributed by atoms with E-state index in [0.29, 0.717) is 27.8 Å². The Bertz CT molecular complexity index is 1400. The van der Waals surface area contributed by atoms with E-state index in [1.54, 1.807) is 30.3 Å². The number of rotatable bonds is 5. The number of aromatic amines is 1. The molecule has 0 aliphatic heterocycles. The molecule has 0 aliphatic rings. The zero-order chi connectivity index (χ0) is 22.3. The van der Waals surface area contributed by atoms with Gasteiger partial charge in [-0.25, -0.2) is 19.3 Å². The Labute approximate surface area is 185 Å². The highest BCUT2D eigenvalue weighted by Gasteiger charge is 2.22. The topological polar surface area (TPSA) is 125 Å². The van der Waals surface area contributed by atoms with Crippen LogP contribution in [0.25, 0.3) is 28.2 Å². The van der Waals surface area contributed by atoms with Crippen LogP contribution in [0.15, 0.2) is 41.2 Å². The SMILES string of the molecule is COc1ccc(OC)c(-c2nc(C(N)=O)c3[nH]c(=O)n(-c4ccc(Cl)c(Cl)c4)c3n2)c1. The van der Waals surface area contributed by atoms with E-state index in [1.165, 1.54) is 24.9 Å². The van der Waals surface area contributed by atoms with Crippen LogP contribution in [0.1, 0.15) is 10.5 Å². The summed E-state index contributed by atoms with van der Waals surface area (Å²) in [6.45, 7) is 0. The average Bonchev–Trinajstić information content (AvgIpc) is 3.09. The third-order valence-electron chi connectivity index (χ3n) is 4.58. The highest BCUT2D eigenvalue weighted by atomic mass is 35.5. The molecule has 0 fully saturated rings. The Balaban J connectivity index is 2.07. The van der Waals surface area contributed by atoms with Crippen molar-refractivity contribution >= 4 is 40.3 Å². The maximum Gasteiger partial charge on any atom is 0.332 e. The standard InChI is InChI=1S/C20H15Cl2N5O4/c1-30-10-4-6-14(31-2)11(8-10)18-24-15(17(23)28)16-19(26-18)27(20(29)25-16)9-3-5-12(21)13(22)7-9/h3-8H,1-2H3,(H2,23,28)(H,25,29). The zero-order valence-corrected chi connectivity index (χ0v) is 17.8. The van der Waals surface area contributed by atoms with Crippen LogP contribution >= 0.6 is 23.2 Å². The number of primary amides is 1. The van der Waals surface area contributed by atoms with Crippen molar-refractivity contribution in [1.82, 2.24) is 19.5 Å². The highest BCUT2D eigenvalue weighted by Crippen LogP contribution is 2.33. The summed E-state index contributed by atoms with van der Waals surface area (Å²) in [6, 6.07) is 9.69. The van der Waals surface area contributed by atoms with Gasteiger partial charge in [0, 0.05) is 0 Å². The Kier molecular flexibility index (Phi) is 5.30. The van der Waals surface area contributed by atoms with Gasteiger partial charge in [0.25, 0.3) is 5.91 Å². The first kappa shape index (κ1) is 20.7. The molecule has 0 unspecified atom stereocenters. The number of nitrogens with zero attached hydrogens (tertiary/aromatic N) is 3. The lowest BCUT2D eigenvalue weighted by molar-refractivity contribution is 0.0997. The van der Waals surface area contributed by atoms with E-state index in [0.717, 1.165) is 0 Å². The van der Waals surface area contributed by atoms with Gasteiger partial charge in [0.15, 0.2) is 17.2 Å². The smallest absolute Gasteiger partial charge is 0.332 e. The molecule has 0 bridgehead atoms. The van der Waals surface area contributed by atoms with E-state index in [9.17, 15) is 9.59 Å². The third-order valence-corrected chi connectivity index (χ3v) is 5.32. The number of amides is 1. The molecule has 4 rings (SSSR count). The molecule has 0 saturated heterocycles. The molecule has 0 atom stereocenters. The van der Waals surface area contributed by atoms with Gasteiger partial charge in [0.1, 0.15) is 17.0 Å². The number of fused-ring (bicyclic) bond motifs is 1. The Morgan fingerprint density at radius 2 is 1.84 bits per heavy atom. The molecular formula is C20H15Cl2N5O4. The molecular weight excluding hydrogens is 445 g/mol. The summed E-state index contributed by atoms with van der Waals surface area (Å²) < 4.78 is 11.9. The molecule has 158 valence electrons. The van der Waals surface area contributed by atoms with Crippen LogP contribution in [-0.4, -0.2) is 39.6 Å². The largest absolute Gasteiger partial charge is 0.497 e. The number of carbonyl (C=O) groups is 1. The van der Waals surface area contributed by atoms with E-state index in [1.807, 2.05) is 0 Å². The number of hydrogen-bond donors (Lipinski definition) is 2. The van der Waals surface area contributed by atoms with Crippen molar-refractivity contribution in [1.29, 1.82) is 0 Å². The van der Waals surface area contributed by atoms with Gasteiger partial charge in [-0.05, 0) is 36.4 Å². The lowest BCUT2D eigenvalue weighted by atomic mass is 10.1. The third kappa shape index (κ3) is 3.58. The van der Waals surface area contributed by atoms with E-state index in [-0.39, 0.29) is 27.7 Å². The highest BCUT2D eigenvalue weighted by molar-refractivity contribution is 6.42. The molecule has 0 spiro atoms. The van der Waals surface area contributed by atoms with Gasteiger partial charge in [-0.2, -0.15) is 0 Å². The van der Waals surface area contributed by atoms with Crippen LogP contribution in [0, 0.1) is 0 Å². The Hall–Kier alpha value is -3.56. The van der Waals surface area contributed by atoms with Gasteiger partial charge in [-0.3, -0.25) is 4.79 Å². The summed E-state index contributed by atoms with van der Waals surface area (Å²) in [5.41, 5.74) is 5.89. The second kappa shape index (κ2) is 7.93. The summed E-state index contributed by atoms with van der Waals surface area (Å²) in [4.78, 5) is 36.3. The number of carbonyl (C=O) groups excluding carboxylic acids is 1. The number of nitrogens with two attached hydrogens (primary N) is 1. The van der Waals surface area contributed by atoms with Gasteiger partial charge in [0.2, 0.25) is 0 Å². The first-order valence-corrected chi connectivity index (χ1v) is 9.60. The summed E-state index contributed by atoms with van der Waals surface area (Å²) in [5.74, 6) is 0.244. The van der Waals surface area contributed by atoms with Crippen molar-refractivity contribution in [3.05, 3.63) is 62.6 Å². The monoisotopic (exact) mass is 459 g/mol. The molecule has 11 heteroatoms.